The Morgan fingerprint density at radius 1 is 0.952 bits per heavy atom. The lowest BCUT2D eigenvalue weighted by Crippen LogP contribution is -1.98. The average molecular weight is 277 g/mol. The first kappa shape index (κ1) is 13.1. The Balaban J connectivity index is 1.86. The molecule has 0 bridgehead atoms. The maximum Gasteiger partial charge on any atom is 0.227 e. The fourth-order valence-electron chi connectivity index (χ4n) is 1.98. The van der Waals surface area contributed by atoms with Gasteiger partial charge in [0, 0.05) is 42.6 Å². The van der Waals surface area contributed by atoms with Crippen molar-refractivity contribution in [2.75, 3.05) is 17.7 Å². The van der Waals surface area contributed by atoms with Crippen molar-refractivity contribution in [3.05, 3.63) is 61.1 Å². The van der Waals surface area contributed by atoms with Gasteiger partial charge in [0.05, 0.1) is 5.69 Å². The molecule has 2 heterocycles. The minimum absolute atomic E-state index is 0.560. The van der Waals surface area contributed by atoms with Crippen LogP contribution in [0.25, 0.3) is 11.3 Å². The summed E-state index contributed by atoms with van der Waals surface area (Å²) in [4.78, 5) is 12.9. The Hall–Kier alpha value is -2.95. The first-order valence-corrected chi connectivity index (χ1v) is 6.63. The molecule has 0 unspecified atom stereocenters. The van der Waals surface area contributed by atoms with Crippen LogP contribution in [0.15, 0.2) is 61.1 Å². The van der Waals surface area contributed by atoms with E-state index in [-0.39, 0.29) is 0 Å². The third kappa shape index (κ3) is 3.14. The predicted octanol–water partition coefficient (Wildman–Crippen LogP) is 3.32. The highest BCUT2D eigenvalue weighted by atomic mass is 15.1. The number of nitrogens with zero attached hydrogens (tertiary/aromatic N) is 3. The van der Waals surface area contributed by atoms with E-state index in [1.165, 1.54) is 0 Å². The highest BCUT2D eigenvalue weighted by Gasteiger charge is 2.03. The molecule has 21 heavy (non-hydrogen) atoms. The van der Waals surface area contributed by atoms with E-state index in [2.05, 4.69) is 25.6 Å². The van der Waals surface area contributed by atoms with Crippen LogP contribution in [0.2, 0.25) is 0 Å². The molecule has 104 valence electrons. The van der Waals surface area contributed by atoms with Crippen LogP contribution in [-0.4, -0.2) is 22.0 Å². The molecule has 0 spiro atoms. The summed E-state index contributed by atoms with van der Waals surface area (Å²) < 4.78 is 0. The molecular weight excluding hydrogens is 262 g/mol. The first-order chi connectivity index (χ1) is 10.3. The van der Waals surface area contributed by atoms with E-state index in [1.54, 1.807) is 18.6 Å². The van der Waals surface area contributed by atoms with Crippen molar-refractivity contribution >= 4 is 17.3 Å². The highest BCUT2D eigenvalue weighted by molar-refractivity contribution is 5.63. The van der Waals surface area contributed by atoms with Gasteiger partial charge in [0.2, 0.25) is 5.95 Å². The molecule has 0 aliphatic carbocycles. The third-order valence-corrected chi connectivity index (χ3v) is 3.02. The summed E-state index contributed by atoms with van der Waals surface area (Å²) in [6, 6.07) is 13.7. The van der Waals surface area contributed by atoms with Gasteiger partial charge < -0.3 is 10.6 Å². The number of hydrogen-bond donors (Lipinski definition) is 2. The fraction of sp³-hybridized carbons (Fsp3) is 0.0625. The topological polar surface area (TPSA) is 62.7 Å². The van der Waals surface area contributed by atoms with E-state index >= 15 is 0 Å². The summed E-state index contributed by atoms with van der Waals surface area (Å²) in [5.41, 5.74) is 3.77. The van der Waals surface area contributed by atoms with Crippen LogP contribution in [-0.2, 0) is 0 Å². The zero-order chi connectivity index (χ0) is 14.5. The van der Waals surface area contributed by atoms with Gasteiger partial charge in [0.15, 0.2) is 0 Å². The van der Waals surface area contributed by atoms with Crippen molar-refractivity contribution < 1.29 is 0 Å². The van der Waals surface area contributed by atoms with Crippen molar-refractivity contribution in [1.29, 1.82) is 0 Å². The summed E-state index contributed by atoms with van der Waals surface area (Å²) in [5, 5.41) is 6.31. The molecule has 5 heteroatoms. The Morgan fingerprint density at radius 3 is 2.67 bits per heavy atom. The van der Waals surface area contributed by atoms with Crippen molar-refractivity contribution in [1.82, 2.24) is 15.0 Å². The lowest BCUT2D eigenvalue weighted by molar-refractivity contribution is 1.16. The zero-order valence-corrected chi connectivity index (χ0v) is 11.6. The molecule has 5 nitrogen and oxygen atoms in total. The summed E-state index contributed by atoms with van der Waals surface area (Å²) in [7, 11) is 1.89. The van der Waals surface area contributed by atoms with Crippen molar-refractivity contribution in [3.8, 4) is 11.3 Å². The van der Waals surface area contributed by atoms with E-state index in [1.807, 2.05) is 49.5 Å². The molecule has 0 radical (unpaired) electrons. The normalized spacial score (nSPS) is 10.1. The number of hydrogen-bond acceptors (Lipinski definition) is 5. The quantitative estimate of drug-likeness (QED) is 0.766. The number of aromatic nitrogens is 3. The third-order valence-electron chi connectivity index (χ3n) is 3.02. The summed E-state index contributed by atoms with van der Waals surface area (Å²) in [6.07, 6.45) is 5.26. The zero-order valence-electron chi connectivity index (χ0n) is 11.6. The number of anilines is 3. The van der Waals surface area contributed by atoms with Gasteiger partial charge in [-0.15, -0.1) is 0 Å². The molecule has 0 saturated carbocycles. The van der Waals surface area contributed by atoms with E-state index in [9.17, 15) is 0 Å². The van der Waals surface area contributed by atoms with Crippen molar-refractivity contribution in [2.45, 2.75) is 0 Å². The minimum Gasteiger partial charge on any atom is -0.388 e. The smallest absolute Gasteiger partial charge is 0.227 e. The Morgan fingerprint density at radius 2 is 1.86 bits per heavy atom. The second-order valence-corrected chi connectivity index (χ2v) is 4.46. The maximum atomic E-state index is 4.51. The van der Waals surface area contributed by atoms with E-state index < -0.39 is 0 Å². The van der Waals surface area contributed by atoms with Gasteiger partial charge in [0.25, 0.3) is 0 Å². The van der Waals surface area contributed by atoms with Gasteiger partial charge in [-0.3, -0.25) is 4.98 Å². The predicted molar refractivity (Wildman–Crippen MR) is 84.5 cm³/mol. The molecule has 2 aromatic heterocycles. The molecule has 0 amide bonds. The molecule has 2 N–H and O–H groups in total. The molecule has 0 aliphatic heterocycles. The molecule has 0 atom stereocenters. The number of pyridine rings is 1. The average Bonchev–Trinajstić information content (AvgIpc) is 2.56. The SMILES string of the molecule is CNc1cccc(Nc2nccc(-c3cccnc3)n2)c1. The molecule has 3 aromatic rings. The second kappa shape index (κ2) is 6.00. The van der Waals surface area contributed by atoms with Gasteiger partial charge in [-0.2, -0.15) is 0 Å². The largest absolute Gasteiger partial charge is 0.388 e. The Bertz CT molecular complexity index is 727. The molecule has 3 rings (SSSR count). The molecule has 0 fully saturated rings. The second-order valence-electron chi connectivity index (χ2n) is 4.46. The number of rotatable bonds is 4. The van der Waals surface area contributed by atoms with Gasteiger partial charge in [0.1, 0.15) is 0 Å². The number of benzene rings is 1. The summed E-state index contributed by atoms with van der Waals surface area (Å²) in [6.45, 7) is 0. The minimum atomic E-state index is 0.560. The highest BCUT2D eigenvalue weighted by Crippen LogP contribution is 2.20. The van der Waals surface area contributed by atoms with Crippen LogP contribution < -0.4 is 10.6 Å². The van der Waals surface area contributed by atoms with Crippen LogP contribution in [0, 0.1) is 0 Å². The number of nitrogens with one attached hydrogen (secondary N) is 2. The van der Waals surface area contributed by atoms with Gasteiger partial charge in [-0.1, -0.05) is 6.07 Å². The summed E-state index contributed by atoms with van der Waals surface area (Å²) >= 11 is 0. The van der Waals surface area contributed by atoms with E-state index in [0.29, 0.717) is 5.95 Å². The fourth-order valence-corrected chi connectivity index (χ4v) is 1.98. The van der Waals surface area contributed by atoms with Gasteiger partial charge in [-0.25, -0.2) is 9.97 Å². The Kier molecular flexibility index (Phi) is 3.73. The first-order valence-electron chi connectivity index (χ1n) is 6.63. The van der Waals surface area contributed by atoms with Gasteiger partial charge >= 0.3 is 0 Å². The lowest BCUT2D eigenvalue weighted by Gasteiger charge is -2.08. The maximum absolute atomic E-state index is 4.51. The van der Waals surface area contributed by atoms with Crippen molar-refractivity contribution in [3.63, 3.8) is 0 Å². The van der Waals surface area contributed by atoms with Crippen LogP contribution in [0.4, 0.5) is 17.3 Å². The van der Waals surface area contributed by atoms with E-state index in [4.69, 9.17) is 0 Å². The van der Waals surface area contributed by atoms with Crippen LogP contribution >= 0.6 is 0 Å². The van der Waals surface area contributed by atoms with Crippen LogP contribution in [0.3, 0.4) is 0 Å². The molecular formula is C16H15N5. The lowest BCUT2D eigenvalue weighted by atomic mass is 10.2. The molecule has 0 aliphatic rings. The van der Waals surface area contributed by atoms with E-state index in [0.717, 1.165) is 22.6 Å². The monoisotopic (exact) mass is 277 g/mol. The van der Waals surface area contributed by atoms with Crippen LogP contribution in [0.5, 0.6) is 0 Å². The molecule has 0 saturated heterocycles. The summed E-state index contributed by atoms with van der Waals surface area (Å²) in [5.74, 6) is 0.560. The standard InChI is InChI=1S/C16H15N5/c1-17-13-5-2-6-14(10-13)20-16-19-9-7-15(21-16)12-4-3-8-18-11-12/h2-11,17H,1H3,(H,19,20,21). The molecule has 1 aromatic carbocycles. The van der Waals surface area contributed by atoms with Crippen molar-refractivity contribution in [2.24, 2.45) is 0 Å². The van der Waals surface area contributed by atoms with Crippen LogP contribution in [0.1, 0.15) is 0 Å². The Labute approximate surface area is 123 Å². The van der Waals surface area contributed by atoms with Gasteiger partial charge in [-0.05, 0) is 36.4 Å².